The number of rotatable bonds is 4. The Bertz CT molecular complexity index is 813. The molecule has 0 amide bonds. The Morgan fingerprint density at radius 3 is 2.00 bits per heavy atom. The summed E-state index contributed by atoms with van der Waals surface area (Å²) < 4.78 is 0. The predicted octanol–water partition coefficient (Wildman–Crippen LogP) is 3.27. The van der Waals surface area contributed by atoms with Gasteiger partial charge >= 0.3 is 0 Å². The van der Waals surface area contributed by atoms with E-state index in [4.69, 9.17) is 0 Å². The van der Waals surface area contributed by atoms with Crippen molar-refractivity contribution >= 4 is 24.2 Å². The van der Waals surface area contributed by atoms with Crippen molar-refractivity contribution in [3.05, 3.63) is 88.2 Å². The summed E-state index contributed by atoms with van der Waals surface area (Å²) in [5.74, 6) is 0.541. The molecule has 3 rings (SSSR count). The van der Waals surface area contributed by atoms with Gasteiger partial charge in [0.15, 0.2) is 5.82 Å². The van der Waals surface area contributed by atoms with Crippen molar-refractivity contribution < 1.29 is 0 Å². The van der Waals surface area contributed by atoms with Crippen molar-refractivity contribution in [3.63, 3.8) is 0 Å². The maximum atomic E-state index is 11.7. The van der Waals surface area contributed by atoms with Gasteiger partial charge in [0.2, 0.25) is 5.95 Å². The molecule has 1 heterocycles. The summed E-state index contributed by atoms with van der Waals surface area (Å²) in [6.07, 6.45) is 3.30. The monoisotopic (exact) mass is 302 g/mol. The number of nitrogens with zero attached hydrogens (tertiary/aromatic N) is 3. The van der Waals surface area contributed by atoms with Crippen molar-refractivity contribution in [2.24, 2.45) is 9.98 Å². The summed E-state index contributed by atoms with van der Waals surface area (Å²) in [7, 11) is 0. The molecule has 0 aliphatic rings. The van der Waals surface area contributed by atoms with Crippen molar-refractivity contribution in [2.45, 2.75) is 0 Å². The highest BCUT2D eigenvalue weighted by Gasteiger charge is 1.98. The van der Waals surface area contributed by atoms with Gasteiger partial charge in [-0.2, -0.15) is 4.98 Å². The van der Waals surface area contributed by atoms with Crippen LogP contribution in [-0.2, 0) is 0 Å². The first-order valence-corrected chi connectivity index (χ1v) is 7.09. The van der Waals surface area contributed by atoms with E-state index in [1.54, 1.807) is 12.4 Å². The molecule has 0 atom stereocenters. The lowest BCUT2D eigenvalue weighted by Gasteiger charge is -1.96. The van der Waals surface area contributed by atoms with Crippen LogP contribution in [0.3, 0.4) is 0 Å². The van der Waals surface area contributed by atoms with Crippen LogP contribution in [0.5, 0.6) is 0 Å². The molecule has 0 fully saturated rings. The molecule has 3 aromatic rings. The van der Waals surface area contributed by atoms with Gasteiger partial charge in [0.1, 0.15) is 0 Å². The van der Waals surface area contributed by atoms with E-state index < -0.39 is 0 Å². The van der Waals surface area contributed by atoms with Crippen LogP contribution in [0.4, 0.5) is 11.8 Å². The molecule has 0 saturated heterocycles. The Labute approximate surface area is 133 Å². The fourth-order valence-corrected chi connectivity index (χ4v) is 1.91. The number of H-pyrrole nitrogens is 1. The number of benzene rings is 2. The van der Waals surface area contributed by atoms with Crippen LogP contribution < -0.4 is 5.56 Å². The predicted molar refractivity (Wildman–Crippen MR) is 92.2 cm³/mol. The highest BCUT2D eigenvalue weighted by molar-refractivity contribution is 5.82. The van der Waals surface area contributed by atoms with Gasteiger partial charge in [0.25, 0.3) is 5.56 Å². The molecular weight excluding hydrogens is 288 g/mol. The summed E-state index contributed by atoms with van der Waals surface area (Å²) in [5, 5.41) is 0. The first-order valence-electron chi connectivity index (χ1n) is 7.09. The molecule has 0 radical (unpaired) electrons. The first kappa shape index (κ1) is 14.6. The summed E-state index contributed by atoms with van der Waals surface area (Å²) in [6, 6.07) is 20.5. The lowest BCUT2D eigenvalue weighted by molar-refractivity contribution is 1.09. The number of hydrogen-bond donors (Lipinski definition) is 1. The lowest BCUT2D eigenvalue weighted by Crippen LogP contribution is -2.04. The Hall–Kier alpha value is -3.34. The Kier molecular flexibility index (Phi) is 4.49. The van der Waals surface area contributed by atoms with E-state index in [9.17, 15) is 4.79 Å². The topological polar surface area (TPSA) is 70.5 Å². The van der Waals surface area contributed by atoms with Crippen molar-refractivity contribution in [2.75, 3.05) is 0 Å². The van der Waals surface area contributed by atoms with E-state index in [0.29, 0.717) is 5.82 Å². The molecule has 0 aliphatic carbocycles. The van der Waals surface area contributed by atoms with Gasteiger partial charge in [0.05, 0.1) is 0 Å². The smallest absolute Gasteiger partial charge is 0.254 e. The number of aromatic amines is 1. The van der Waals surface area contributed by atoms with Gasteiger partial charge in [0, 0.05) is 18.5 Å². The van der Waals surface area contributed by atoms with Crippen molar-refractivity contribution in [3.8, 4) is 0 Å². The van der Waals surface area contributed by atoms with Crippen LogP contribution in [-0.4, -0.2) is 22.4 Å². The molecule has 112 valence electrons. The summed E-state index contributed by atoms with van der Waals surface area (Å²) >= 11 is 0. The number of nitrogens with one attached hydrogen (secondary N) is 1. The van der Waals surface area contributed by atoms with E-state index in [0.717, 1.165) is 11.1 Å². The van der Waals surface area contributed by atoms with Gasteiger partial charge in [-0.15, -0.1) is 0 Å². The van der Waals surface area contributed by atoms with Crippen LogP contribution in [0.25, 0.3) is 0 Å². The molecule has 1 aromatic heterocycles. The van der Waals surface area contributed by atoms with Gasteiger partial charge in [-0.25, -0.2) is 9.98 Å². The average molecular weight is 302 g/mol. The standard InChI is InChI=1S/C18H14N4O/c23-17-11-16(19-12-14-7-3-1-4-8-14)21-18(22-17)20-13-15-9-5-2-6-10-15/h1-13H,(H,21,22,23)/b19-12+,20-13+. The summed E-state index contributed by atoms with van der Waals surface area (Å²) in [5.41, 5.74) is 1.57. The SMILES string of the molecule is O=c1cc(/N=C/c2ccccc2)nc(/N=C/c2ccccc2)[nH]1. The second-order valence-corrected chi connectivity index (χ2v) is 4.76. The van der Waals surface area contributed by atoms with E-state index >= 15 is 0 Å². The number of hydrogen-bond acceptors (Lipinski definition) is 4. The fraction of sp³-hybridized carbons (Fsp3) is 0. The number of aliphatic imine (C=N–C) groups is 2. The zero-order valence-electron chi connectivity index (χ0n) is 12.3. The molecule has 2 aromatic carbocycles. The largest absolute Gasteiger partial charge is 0.291 e. The quantitative estimate of drug-likeness (QED) is 0.751. The molecule has 0 spiro atoms. The second-order valence-electron chi connectivity index (χ2n) is 4.76. The highest BCUT2D eigenvalue weighted by atomic mass is 16.1. The third-order valence-electron chi connectivity index (χ3n) is 3.00. The van der Waals surface area contributed by atoms with Gasteiger partial charge < -0.3 is 0 Å². The minimum Gasteiger partial charge on any atom is -0.291 e. The van der Waals surface area contributed by atoms with Crippen LogP contribution in [0.15, 0.2) is 81.5 Å². The Balaban J connectivity index is 1.83. The van der Waals surface area contributed by atoms with E-state index in [1.165, 1.54) is 6.07 Å². The first-order chi connectivity index (χ1) is 11.3. The molecule has 0 aliphatic heterocycles. The Morgan fingerprint density at radius 2 is 1.39 bits per heavy atom. The average Bonchev–Trinajstić information content (AvgIpc) is 2.60. The van der Waals surface area contributed by atoms with Crippen LogP contribution in [0.2, 0.25) is 0 Å². The van der Waals surface area contributed by atoms with Crippen molar-refractivity contribution in [1.29, 1.82) is 0 Å². The minimum absolute atomic E-state index is 0.224. The molecule has 0 bridgehead atoms. The fourth-order valence-electron chi connectivity index (χ4n) is 1.91. The Morgan fingerprint density at radius 1 is 0.826 bits per heavy atom. The number of aromatic nitrogens is 2. The van der Waals surface area contributed by atoms with Gasteiger partial charge in [-0.1, -0.05) is 60.7 Å². The third kappa shape index (κ3) is 4.31. The van der Waals surface area contributed by atoms with E-state index in [1.807, 2.05) is 60.7 Å². The zero-order valence-corrected chi connectivity index (χ0v) is 12.3. The van der Waals surface area contributed by atoms with E-state index in [-0.39, 0.29) is 11.5 Å². The van der Waals surface area contributed by atoms with Crippen LogP contribution >= 0.6 is 0 Å². The van der Waals surface area contributed by atoms with Gasteiger partial charge in [-0.05, 0) is 11.1 Å². The second kappa shape index (κ2) is 7.09. The molecule has 5 heteroatoms. The minimum atomic E-state index is -0.291. The van der Waals surface area contributed by atoms with Crippen LogP contribution in [0, 0.1) is 0 Å². The molecule has 5 nitrogen and oxygen atoms in total. The van der Waals surface area contributed by atoms with E-state index in [2.05, 4.69) is 20.0 Å². The molecular formula is C18H14N4O. The normalized spacial score (nSPS) is 11.3. The van der Waals surface area contributed by atoms with Crippen molar-refractivity contribution in [1.82, 2.24) is 9.97 Å². The maximum Gasteiger partial charge on any atom is 0.254 e. The lowest BCUT2D eigenvalue weighted by atomic mass is 10.2. The summed E-state index contributed by atoms with van der Waals surface area (Å²) in [6.45, 7) is 0. The molecule has 1 N–H and O–H groups in total. The summed E-state index contributed by atoms with van der Waals surface area (Å²) in [4.78, 5) is 26.9. The highest BCUT2D eigenvalue weighted by Crippen LogP contribution is 2.09. The maximum absolute atomic E-state index is 11.7. The van der Waals surface area contributed by atoms with Crippen LogP contribution in [0.1, 0.15) is 11.1 Å². The molecule has 0 unspecified atom stereocenters. The molecule has 0 saturated carbocycles. The van der Waals surface area contributed by atoms with Gasteiger partial charge in [-0.3, -0.25) is 9.78 Å². The third-order valence-corrected chi connectivity index (χ3v) is 3.00. The zero-order chi connectivity index (χ0) is 15.9. The molecule has 23 heavy (non-hydrogen) atoms.